The lowest BCUT2D eigenvalue weighted by Gasteiger charge is -2.08. The van der Waals surface area contributed by atoms with Crippen LogP contribution in [0.4, 0.5) is 0 Å². The second-order valence-electron chi connectivity index (χ2n) is 5.32. The van der Waals surface area contributed by atoms with E-state index in [9.17, 15) is 0 Å². The summed E-state index contributed by atoms with van der Waals surface area (Å²) < 4.78 is 2.23. The Balaban J connectivity index is 1.53. The average molecular weight is 234 g/mol. The molecule has 96 valence electrons. The lowest BCUT2D eigenvalue weighted by Crippen LogP contribution is -2.15. The van der Waals surface area contributed by atoms with Crippen molar-refractivity contribution in [1.82, 2.24) is 9.88 Å². The first kappa shape index (κ1) is 12.7. The summed E-state index contributed by atoms with van der Waals surface area (Å²) in [4.78, 5) is 0. The molecule has 2 nitrogen and oxygen atoms in total. The molecule has 0 aliphatic heterocycles. The van der Waals surface area contributed by atoms with Crippen LogP contribution >= 0.6 is 0 Å². The summed E-state index contributed by atoms with van der Waals surface area (Å²) in [6.45, 7) is 5.45. The molecule has 1 heterocycles. The molecular weight excluding hydrogens is 208 g/mol. The molecule has 2 rings (SSSR count). The highest BCUT2D eigenvalue weighted by atomic mass is 14.9. The Morgan fingerprint density at radius 1 is 1.35 bits per heavy atom. The SMILES string of the molecule is CCn1ccc(CNCCCC2CCCC2)c1. The van der Waals surface area contributed by atoms with Gasteiger partial charge in [0.15, 0.2) is 0 Å². The zero-order valence-electron chi connectivity index (χ0n) is 11.1. The predicted octanol–water partition coefficient (Wildman–Crippen LogP) is 3.57. The van der Waals surface area contributed by atoms with Gasteiger partial charge in [-0.15, -0.1) is 0 Å². The van der Waals surface area contributed by atoms with Crippen LogP contribution in [0.25, 0.3) is 0 Å². The van der Waals surface area contributed by atoms with Crippen molar-refractivity contribution in [3.63, 3.8) is 0 Å². The van der Waals surface area contributed by atoms with Crippen molar-refractivity contribution in [3.05, 3.63) is 24.0 Å². The molecule has 1 saturated carbocycles. The Hall–Kier alpha value is -0.760. The third kappa shape index (κ3) is 4.19. The number of nitrogens with one attached hydrogen (secondary N) is 1. The number of rotatable bonds is 7. The lowest BCUT2D eigenvalue weighted by atomic mass is 10.0. The van der Waals surface area contributed by atoms with Crippen LogP contribution in [0.3, 0.4) is 0 Å². The van der Waals surface area contributed by atoms with Gasteiger partial charge in [0.25, 0.3) is 0 Å². The molecule has 0 bridgehead atoms. The minimum absolute atomic E-state index is 1.03. The molecule has 1 aliphatic rings. The van der Waals surface area contributed by atoms with Crippen LogP contribution in [0.1, 0.15) is 51.0 Å². The largest absolute Gasteiger partial charge is 0.354 e. The molecule has 1 aliphatic carbocycles. The third-order valence-electron chi connectivity index (χ3n) is 3.95. The van der Waals surface area contributed by atoms with Crippen LogP contribution in [0.5, 0.6) is 0 Å². The van der Waals surface area contributed by atoms with E-state index in [0.717, 1.165) is 19.0 Å². The van der Waals surface area contributed by atoms with Gasteiger partial charge in [-0.25, -0.2) is 0 Å². The number of hydrogen-bond donors (Lipinski definition) is 1. The molecule has 0 saturated heterocycles. The van der Waals surface area contributed by atoms with E-state index >= 15 is 0 Å². The molecule has 0 spiro atoms. The van der Waals surface area contributed by atoms with Gasteiger partial charge in [0.05, 0.1) is 0 Å². The molecule has 0 unspecified atom stereocenters. The molecule has 1 aromatic rings. The van der Waals surface area contributed by atoms with Crippen LogP contribution in [0, 0.1) is 5.92 Å². The highest BCUT2D eigenvalue weighted by Crippen LogP contribution is 2.28. The minimum atomic E-state index is 1.03. The number of aromatic nitrogens is 1. The summed E-state index contributed by atoms with van der Waals surface area (Å²) in [5.74, 6) is 1.04. The second kappa shape index (κ2) is 6.85. The molecule has 17 heavy (non-hydrogen) atoms. The molecule has 1 aromatic heterocycles. The van der Waals surface area contributed by atoms with E-state index in [0.29, 0.717) is 0 Å². The summed E-state index contributed by atoms with van der Waals surface area (Å²) >= 11 is 0. The van der Waals surface area contributed by atoms with Gasteiger partial charge in [0.1, 0.15) is 0 Å². The fourth-order valence-corrected chi connectivity index (χ4v) is 2.84. The van der Waals surface area contributed by atoms with Crippen LogP contribution in [-0.2, 0) is 13.1 Å². The molecule has 0 amide bonds. The van der Waals surface area contributed by atoms with E-state index in [4.69, 9.17) is 0 Å². The fraction of sp³-hybridized carbons (Fsp3) is 0.733. The highest BCUT2D eigenvalue weighted by Gasteiger charge is 2.13. The average Bonchev–Trinajstić information content (AvgIpc) is 2.99. The third-order valence-corrected chi connectivity index (χ3v) is 3.95. The van der Waals surface area contributed by atoms with E-state index in [1.165, 1.54) is 50.6 Å². The van der Waals surface area contributed by atoms with Crippen molar-refractivity contribution in [2.24, 2.45) is 5.92 Å². The number of nitrogens with zero attached hydrogens (tertiary/aromatic N) is 1. The van der Waals surface area contributed by atoms with Crippen molar-refractivity contribution in [3.8, 4) is 0 Å². The normalized spacial score (nSPS) is 16.8. The van der Waals surface area contributed by atoms with Gasteiger partial charge in [0, 0.05) is 25.5 Å². The summed E-state index contributed by atoms with van der Waals surface area (Å²) in [7, 11) is 0. The first-order valence-corrected chi connectivity index (χ1v) is 7.24. The fourth-order valence-electron chi connectivity index (χ4n) is 2.84. The van der Waals surface area contributed by atoms with Gasteiger partial charge >= 0.3 is 0 Å². The van der Waals surface area contributed by atoms with Crippen LogP contribution in [0.2, 0.25) is 0 Å². The van der Waals surface area contributed by atoms with Crippen molar-refractivity contribution < 1.29 is 0 Å². The molecule has 1 fully saturated rings. The van der Waals surface area contributed by atoms with Crippen LogP contribution in [-0.4, -0.2) is 11.1 Å². The predicted molar refractivity (Wildman–Crippen MR) is 73.0 cm³/mol. The first-order chi connectivity index (χ1) is 8.38. The highest BCUT2D eigenvalue weighted by molar-refractivity contribution is 5.09. The maximum absolute atomic E-state index is 3.55. The summed E-state index contributed by atoms with van der Waals surface area (Å²) in [5, 5.41) is 3.55. The Labute approximate surface area is 105 Å². The second-order valence-corrected chi connectivity index (χ2v) is 5.32. The number of aryl methyl sites for hydroxylation is 1. The van der Waals surface area contributed by atoms with E-state index in [2.05, 4.69) is 35.3 Å². The maximum atomic E-state index is 3.55. The monoisotopic (exact) mass is 234 g/mol. The Morgan fingerprint density at radius 2 is 2.18 bits per heavy atom. The van der Waals surface area contributed by atoms with Gasteiger partial charge in [-0.2, -0.15) is 0 Å². The first-order valence-electron chi connectivity index (χ1n) is 7.24. The lowest BCUT2D eigenvalue weighted by molar-refractivity contribution is 0.470. The van der Waals surface area contributed by atoms with E-state index in [1.54, 1.807) is 0 Å². The Bertz CT molecular complexity index is 310. The molecule has 0 aromatic carbocycles. The molecule has 0 atom stereocenters. The van der Waals surface area contributed by atoms with Gasteiger partial charge in [0.2, 0.25) is 0 Å². The standard InChI is InChI=1S/C15H26N2/c1-2-17-11-9-15(13-17)12-16-10-5-8-14-6-3-4-7-14/h9,11,13-14,16H,2-8,10,12H2,1H3. The van der Waals surface area contributed by atoms with Crippen molar-refractivity contribution in [1.29, 1.82) is 0 Å². The Kier molecular flexibility index (Phi) is 5.11. The summed E-state index contributed by atoms with van der Waals surface area (Å²) in [6.07, 6.45) is 13.1. The molecular formula is C15H26N2. The Morgan fingerprint density at radius 3 is 2.88 bits per heavy atom. The summed E-state index contributed by atoms with van der Waals surface area (Å²) in [5.41, 5.74) is 1.41. The number of hydrogen-bond acceptors (Lipinski definition) is 1. The smallest absolute Gasteiger partial charge is 0.0220 e. The van der Waals surface area contributed by atoms with E-state index in [-0.39, 0.29) is 0 Å². The topological polar surface area (TPSA) is 17.0 Å². The zero-order chi connectivity index (χ0) is 11.9. The van der Waals surface area contributed by atoms with E-state index < -0.39 is 0 Å². The molecule has 1 N–H and O–H groups in total. The minimum Gasteiger partial charge on any atom is -0.354 e. The van der Waals surface area contributed by atoms with Crippen molar-refractivity contribution in [2.75, 3.05) is 6.54 Å². The van der Waals surface area contributed by atoms with Crippen LogP contribution < -0.4 is 5.32 Å². The molecule has 2 heteroatoms. The maximum Gasteiger partial charge on any atom is 0.0220 e. The quantitative estimate of drug-likeness (QED) is 0.714. The van der Waals surface area contributed by atoms with Gasteiger partial charge in [-0.05, 0) is 43.9 Å². The molecule has 0 radical (unpaired) electrons. The van der Waals surface area contributed by atoms with Crippen LogP contribution in [0.15, 0.2) is 18.5 Å². The summed E-state index contributed by atoms with van der Waals surface area (Å²) in [6, 6.07) is 2.22. The van der Waals surface area contributed by atoms with Gasteiger partial charge < -0.3 is 9.88 Å². The zero-order valence-corrected chi connectivity index (χ0v) is 11.1. The van der Waals surface area contributed by atoms with Crippen molar-refractivity contribution >= 4 is 0 Å². The van der Waals surface area contributed by atoms with Gasteiger partial charge in [-0.1, -0.05) is 25.7 Å². The van der Waals surface area contributed by atoms with E-state index in [1.807, 2.05) is 0 Å². The van der Waals surface area contributed by atoms with Crippen molar-refractivity contribution in [2.45, 2.75) is 58.5 Å². The van der Waals surface area contributed by atoms with Gasteiger partial charge in [-0.3, -0.25) is 0 Å².